The Kier molecular flexibility index (Phi) is 4.79. The first kappa shape index (κ1) is 15.0. The van der Waals surface area contributed by atoms with E-state index in [0.29, 0.717) is 26.6 Å². The van der Waals surface area contributed by atoms with Gasteiger partial charge in [0.1, 0.15) is 11.7 Å². The Morgan fingerprint density at radius 1 is 1.50 bits per heavy atom. The van der Waals surface area contributed by atoms with Gasteiger partial charge in [-0.25, -0.2) is 9.67 Å². The van der Waals surface area contributed by atoms with Gasteiger partial charge in [-0.05, 0) is 23.4 Å². The summed E-state index contributed by atoms with van der Waals surface area (Å²) in [6, 6.07) is 1.71. The van der Waals surface area contributed by atoms with Gasteiger partial charge in [-0.3, -0.25) is 4.79 Å². The van der Waals surface area contributed by atoms with Crippen LogP contribution >= 0.6 is 35.0 Å². The van der Waals surface area contributed by atoms with Crippen molar-refractivity contribution in [1.29, 1.82) is 0 Å². The van der Waals surface area contributed by atoms with Gasteiger partial charge in [0, 0.05) is 22.0 Å². The SMILES string of the molecule is Cc1cc(Cl)c(CSc2nnnn2CC(=O)O)c(Cl)n1. The van der Waals surface area contributed by atoms with Crippen LogP contribution in [0.4, 0.5) is 0 Å². The van der Waals surface area contributed by atoms with E-state index in [4.69, 9.17) is 28.3 Å². The van der Waals surface area contributed by atoms with Crippen LogP contribution in [0.5, 0.6) is 0 Å². The number of carboxylic acids is 1. The molecule has 106 valence electrons. The molecule has 0 atom stereocenters. The minimum Gasteiger partial charge on any atom is -0.480 e. The summed E-state index contributed by atoms with van der Waals surface area (Å²) in [7, 11) is 0. The van der Waals surface area contributed by atoms with Crippen molar-refractivity contribution in [3.8, 4) is 0 Å². The Balaban J connectivity index is 2.13. The van der Waals surface area contributed by atoms with E-state index in [1.807, 2.05) is 0 Å². The van der Waals surface area contributed by atoms with Crippen LogP contribution in [0, 0.1) is 6.92 Å². The van der Waals surface area contributed by atoms with Crippen molar-refractivity contribution < 1.29 is 9.90 Å². The Morgan fingerprint density at radius 2 is 2.25 bits per heavy atom. The first-order valence-electron chi connectivity index (χ1n) is 5.39. The predicted octanol–water partition coefficient (Wildman–Crippen LogP) is 2.06. The molecule has 7 nitrogen and oxygen atoms in total. The lowest BCUT2D eigenvalue weighted by atomic mass is 10.3. The summed E-state index contributed by atoms with van der Waals surface area (Å²) in [5.41, 5.74) is 1.39. The molecule has 0 radical (unpaired) electrons. The fraction of sp³-hybridized carbons (Fsp3) is 0.300. The van der Waals surface area contributed by atoms with Crippen molar-refractivity contribution in [3.05, 3.63) is 27.5 Å². The lowest BCUT2D eigenvalue weighted by molar-refractivity contribution is -0.138. The van der Waals surface area contributed by atoms with E-state index in [2.05, 4.69) is 20.5 Å². The van der Waals surface area contributed by atoms with Crippen LogP contribution in [-0.2, 0) is 17.1 Å². The molecular weight excluding hydrogens is 325 g/mol. The molecule has 0 aliphatic heterocycles. The standard InChI is InChI=1S/C10H9Cl2N5O2S/c1-5-2-7(11)6(9(12)13-5)4-20-10-14-15-16-17(10)3-8(18)19/h2H,3-4H2,1H3,(H,18,19). The third-order valence-electron chi connectivity index (χ3n) is 2.28. The quantitative estimate of drug-likeness (QED) is 0.661. The Morgan fingerprint density at radius 3 is 2.90 bits per heavy atom. The maximum absolute atomic E-state index is 10.7. The van der Waals surface area contributed by atoms with Gasteiger partial charge in [0.05, 0.1) is 0 Å². The number of nitrogens with zero attached hydrogens (tertiary/aromatic N) is 5. The minimum atomic E-state index is -1.02. The Hall–Kier alpha value is -1.38. The Labute approximate surface area is 128 Å². The number of hydrogen-bond acceptors (Lipinski definition) is 6. The molecule has 0 bridgehead atoms. The minimum absolute atomic E-state index is 0.303. The van der Waals surface area contributed by atoms with Gasteiger partial charge in [0.2, 0.25) is 5.16 Å². The molecule has 20 heavy (non-hydrogen) atoms. The van der Waals surface area contributed by atoms with Crippen molar-refractivity contribution in [2.45, 2.75) is 24.4 Å². The first-order valence-corrected chi connectivity index (χ1v) is 7.14. The number of carboxylic acid groups (broad SMARTS) is 1. The predicted molar refractivity (Wildman–Crippen MR) is 74.0 cm³/mol. The van der Waals surface area contributed by atoms with Gasteiger partial charge < -0.3 is 5.11 Å². The average Bonchev–Trinajstić information content (AvgIpc) is 2.74. The third kappa shape index (κ3) is 3.59. The fourth-order valence-corrected chi connectivity index (χ4v) is 3.15. The number of rotatable bonds is 5. The summed E-state index contributed by atoms with van der Waals surface area (Å²) in [6.07, 6.45) is 0. The number of aliphatic carboxylic acids is 1. The smallest absolute Gasteiger partial charge is 0.325 e. The van der Waals surface area contributed by atoms with Crippen molar-refractivity contribution in [2.75, 3.05) is 0 Å². The molecule has 0 saturated heterocycles. The van der Waals surface area contributed by atoms with Gasteiger partial charge >= 0.3 is 5.97 Å². The second-order valence-electron chi connectivity index (χ2n) is 3.82. The van der Waals surface area contributed by atoms with Crippen LogP contribution in [0.25, 0.3) is 0 Å². The summed E-state index contributed by atoms with van der Waals surface area (Å²) in [5, 5.41) is 20.7. The zero-order valence-electron chi connectivity index (χ0n) is 10.2. The van der Waals surface area contributed by atoms with Crippen LogP contribution in [0.15, 0.2) is 11.2 Å². The molecule has 0 aromatic carbocycles. The van der Waals surface area contributed by atoms with Crippen molar-refractivity contribution in [3.63, 3.8) is 0 Å². The van der Waals surface area contributed by atoms with Gasteiger partial charge in [-0.2, -0.15) is 0 Å². The van der Waals surface area contributed by atoms with Crippen molar-refractivity contribution >= 4 is 40.9 Å². The summed E-state index contributed by atoms with van der Waals surface area (Å²) in [6.45, 7) is 1.49. The molecule has 10 heteroatoms. The maximum atomic E-state index is 10.7. The molecule has 0 amide bonds. The van der Waals surface area contributed by atoms with Crippen LogP contribution < -0.4 is 0 Å². The topological polar surface area (TPSA) is 93.8 Å². The number of tetrazole rings is 1. The lowest BCUT2D eigenvalue weighted by Gasteiger charge is -2.07. The molecule has 2 aromatic rings. The number of aromatic nitrogens is 5. The molecule has 2 aromatic heterocycles. The van der Waals surface area contributed by atoms with Gasteiger partial charge in [0.25, 0.3) is 0 Å². The fourth-order valence-electron chi connectivity index (χ4n) is 1.42. The van der Waals surface area contributed by atoms with Crippen molar-refractivity contribution in [2.24, 2.45) is 0 Å². The molecule has 1 N–H and O–H groups in total. The highest BCUT2D eigenvalue weighted by molar-refractivity contribution is 7.98. The summed E-state index contributed by atoms with van der Waals surface area (Å²) >= 11 is 13.4. The van der Waals surface area contributed by atoms with E-state index in [1.165, 1.54) is 16.4 Å². The number of carbonyl (C=O) groups is 1. The highest BCUT2D eigenvalue weighted by Crippen LogP contribution is 2.30. The molecule has 2 heterocycles. The zero-order chi connectivity index (χ0) is 14.7. The monoisotopic (exact) mass is 333 g/mol. The summed E-state index contributed by atoms with van der Waals surface area (Å²) in [5.74, 6) is -0.627. The molecule has 0 aliphatic rings. The molecule has 0 fully saturated rings. The number of thioether (sulfide) groups is 1. The van der Waals surface area contributed by atoms with Gasteiger partial charge in [0.15, 0.2) is 0 Å². The van der Waals surface area contributed by atoms with Crippen LogP contribution in [0.3, 0.4) is 0 Å². The second kappa shape index (κ2) is 6.38. The second-order valence-corrected chi connectivity index (χ2v) is 5.52. The number of pyridine rings is 1. The average molecular weight is 334 g/mol. The number of halogens is 2. The molecule has 2 rings (SSSR count). The zero-order valence-corrected chi connectivity index (χ0v) is 12.6. The molecule has 0 saturated carbocycles. The lowest BCUT2D eigenvalue weighted by Crippen LogP contribution is -2.11. The number of hydrogen-bond donors (Lipinski definition) is 1. The van der Waals surface area contributed by atoms with E-state index < -0.39 is 5.97 Å². The molecule has 0 aliphatic carbocycles. The van der Waals surface area contributed by atoms with E-state index in [9.17, 15) is 4.79 Å². The van der Waals surface area contributed by atoms with E-state index in [0.717, 1.165) is 5.69 Å². The van der Waals surface area contributed by atoms with Gasteiger partial charge in [-0.1, -0.05) is 35.0 Å². The largest absolute Gasteiger partial charge is 0.480 e. The van der Waals surface area contributed by atoms with Crippen LogP contribution in [0.1, 0.15) is 11.3 Å². The van der Waals surface area contributed by atoms with Gasteiger partial charge in [-0.15, -0.1) is 5.10 Å². The highest BCUT2D eigenvalue weighted by Gasteiger charge is 2.14. The summed E-state index contributed by atoms with van der Waals surface area (Å²) in [4.78, 5) is 14.8. The van der Waals surface area contributed by atoms with Crippen LogP contribution in [0.2, 0.25) is 10.2 Å². The first-order chi connectivity index (χ1) is 9.47. The Bertz CT molecular complexity index is 625. The highest BCUT2D eigenvalue weighted by atomic mass is 35.5. The molecule has 0 unspecified atom stereocenters. The molecular formula is C10H9Cl2N5O2S. The maximum Gasteiger partial charge on any atom is 0.325 e. The van der Waals surface area contributed by atoms with Crippen LogP contribution in [-0.4, -0.2) is 36.3 Å². The van der Waals surface area contributed by atoms with Crippen molar-refractivity contribution in [1.82, 2.24) is 25.2 Å². The van der Waals surface area contributed by atoms with E-state index in [1.54, 1.807) is 13.0 Å². The number of aryl methyl sites for hydroxylation is 1. The van der Waals surface area contributed by atoms with E-state index in [-0.39, 0.29) is 6.54 Å². The molecule has 0 spiro atoms. The summed E-state index contributed by atoms with van der Waals surface area (Å²) < 4.78 is 1.19. The third-order valence-corrected chi connectivity index (χ3v) is 3.91. The normalized spacial score (nSPS) is 10.8. The van der Waals surface area contributed by atoms with E-state index >= 15 is 0 Å².